The van der Waals surface area contributed by atoms with E-state index >= 15 is 0 Å². The number of carbonyl (C=O) groups is 1. The van der Waals surface area contributed by atoms with Gasteiger partial charge in [0, 0.05) is 12.6 Å². The van der Waals surface area contributed by atoms with E-state index in [0.29, 0.717) is 18.6 Å². The molecule has 1 aliphatic heterocycles. The van der Waals surface area contributed by atoms with Crippen LogP contribution in [0.25, 0.3) is 0 Å². The third kappa shape index (κ3) is 3.69. The van der Waals surface area contributed by atoms with Gasteiger partial charge in [-0.3, -0.25) is 4.79 Å². The van der Waals surface area contributed by atoms with Crippen LogP contribution in [-0.2, 0) is 9.53 Å². The molecule has 4 heteroatoms. The average Bonchev–Trinajstić information content (AvgIpc) is 2.31. The molecule has 0 aromatic carbocycles. The lowest BCUT2D eigenvalue weighted by Crippen LogP contribution is -2.61. The Bertz CT molecular complexity index is 281. The van der Waals surface area contributed by atoms with E-state index in [1.54, 1.807) is 0 Å². The van der Waals surface area contributed by atoms with Crippen LogP contribution in [0.2, 0.25) is 0 Å². The van der Waals surface area contributed by atoms with Crippen molar-refractivity contribution >= 4 is 5.97 Å². The van der Waals surface area contributed by atoms with Crippen molar-refractivity contribution in [1.29, 1.82) is 0 Å². The highest BCUT2D eigenvalue weighted by atomic mass is 16.5. The van der Waals surface area contributed by atoms with E-state index in [9.17, 15) is 4.79 Å². The fourth-order valence-corrected chi connectivity index (χ4v) is 2.44. The zero-order chi connectivity index (χ0) is 13.8. The summed E-state index contributed by atoms with van der Waals surface area (Å²) in [6.07, 6.45) is 1.66. The smallest absolute Gasteiger partial charge is 0.326 e. The molecule has 0 aromatic rings. The molecule has 1 rings (SSSR count). The minimum atomic E-state index is -0.480. The summed E-state index contributed by atoms with van der Waals surface area (Å²) in [7, 11) is 2.11. The van der Waals surface area contributed by atoms with E-state index in [-0.39, 0.29) is 5.97 Å². The third-order valence-corrected chi connectivity index (χ3v) is 3.80. The zero-order valence-corrected chi connectivity index (χ0v) is 12.5. The van der Waals surface area contributed by atoms with E-state index in [2.05, 4.69) is 38.0 Å². The maximum atomic E-state index is 12.3. The lowest BCUT2D eigenvalue weighted by atomic mass is 9.83. The molecule has 0 saturated carbocycles. The molecule has 2 atom stereocenters. The molecule has 18 heavy (non-hydrogen) atoms. The van der Waals surface area contributed by atoms with Crippen molar-refractivity contribution in [2.24, 2.45) is 5.92 Å². The van der Waals surface area contributed by atoms with Crippen LogP contribution < -0.4 is 5.32 Å². The van der Waals surface area contributed by atoms with Crippen LogP contribution in [-0.4, -0.2) is 49.2 Å². The van der Waals surface area contributed by atoms with Gasteiger partial charge in [0.25, 0.3) is 0 Å². The molecule has 1 saturated heterocycles. The molecular formula is C14H28N2O2. The van der Waals surface area contributed by atoms with Gasteiger partial charge in [0.1, 0.15) is 5.54 Å². The minimum absolute atomic E-state index is 0.0781. The Morgan fingerprint density at radius 3 is 2.72 bits per heavy atom. The molecule has 0 aromatic heterocycles. The molecule has 0 amide bonds. The Hall–Kier alpha value is -0.610. The first kappa shape index (κ1) is 15.4. The summed E-state index contributed by atoms with van der Waals surface area (Å²) in [6.45, 7) is 10.6. The Labute approximate surface area is 111 Å². The van der Waals surface area contributed by atoms with Crippen molar-refractivity contribution in [3.63, 3.8) is 0 Å². The summed E-state index contributed by atoms with van der Waals surface area (Å²) < 4.78 is 5.28. The Kier molecular flexibility index (Phi) is 5.60. The van der Waals surface area contributed by atoms with Gasteiger partial charge in [0.2, 0.25) is 0 Å². The Balaban J connectivity index is 2.77. The van der Waals surface area contributed by atoms with Gasteiger partial charge in [-0.1, -0.05) is 13.8 Å². The molecular weight excluding hydrogens is 228 g/mol. The number of esters is 1. The highest BCUT2D eigenvalue weighted by Crippen LogP contribution is 2.27. The van der Waals surface area contributed by atoms with E-state index in [1.807, 2.05) is 6.92 Å². The summed E-state index contributed by atoms with van der Waals surface area (Å²) >= 11 is 0. The van der Waals surface area contributed by atoms with Gasteiger partial charge in [-0.15, -0.1) is 0 Å². The summed E-state index contributed by atoms with van der Waals surface area (Å²) in [5.74, 6) is 0.455. The molecule has 0 bridgehead atoms. The van der Waals surface area contributed by atoms with Crippen LogP contribution in [0.15, 0.2) is 0 Å². The van der Waals surface area contributed by atoms with Crippen LogP contribution in [0.5, 0.6) is 0 Å². The molecule has 0 radical (unpaired) electrons. The second-order valence-corrected chi connectivity index (χ2v) is 5.86. The fourth-order valence-electron chi connectivity index (χ4n) is 2.44. The zero-order valence-electron chi connectivity index (χ0n) is 12.5. The number of rotatable bonds is 5. The summed E-state index contributed by atoms with van der Waals surface area (Å²) in [4.78, 5) is 14.6. The Morgan fingerprint density at radius 1 is 1.56 bits per heavy atom. The lowest BCUT2D eigenvalue weighted by molar-refractivity contribution is -0.154. The molecule has 0 aliphatic carbocycles. The number of ether oxygens (including phenoxy) is 1. The molecule has 2 unspecified atom stereocenters. The van der Waals surface area contributed by atoms with Gasteiger partial charge in [-0.2, -0.15) is 0 Å². The largest absolute Gasteiger partial charge is 0.465 e. The highest BCUT2D eigenvalue weighted by Gasteiger charge is 2.44. The summed E-state index contributed by atoms with van der Waals surface area (Å²) in [6, 6.07) is 0.405. The molecule has 1 aliphatic rings. The maximum absolute atomic E-state index is 12.3. The third-order valence-electron chi connectivity index (χ3n) is 3.80. The van der Waals surface area contributed by atoms with Crippen molar-refractivity contribution in [2.75, 3.05) is 26.7 Å². The number of hydrogen-bond acceptors (Lipinski definition) is 4. The number of hydrogen-bond donors (Lipinski definition) is 1. The predicted octanol–water partition coefficient (Wildman–Crippen LogP) is 1.65. The van der Waals surface area contributed by atoms with Gasteiger partial charge in [-0.05, 0) is 46.2 Å². The quantitative estimate of drug-likeness (QED) is 0.759. The monoisotopic (exact) mass is 256 g/mol. The number of nitrogens with zero attached hydrogens (tertiary/aromatic N) is 1. The van der Waals surface area contributed by atoms with Gasteiger partial charge in [-0.25, -0.2) is 0 Å². The van der Waals surface area contributed by atoms with Crippen LogP contribution >= 0.6 is 0 Å². The predicted molar refractivity (Wildman–Crippen MR) is 73.5 cm³/mol. The average molecular weight is 256 g/mol. The van der Waals surface area contributed by atoms with Gasteiger partial charge in [0.05, 0.1) is 6.61 Å². The molecule has 0 spiro atoms. The number of likely N-dealkylation sites (tertiary alicyclic amines) is 1. The molecule has 1 fully saturated rings. The van der Waals surface area contributed by atoms with Crippen LogP contribution in [0.4, 0.5) is 0 Å². The number of carbonyl (C=O) groups excluding carboxylic acids is 1. The lowest BCUT2D eigenvalue weighted by Gasteiger charge is -2.43. The molecule has 1 N–H and O–H groups in total. The number of piperidine rings is 1. The van der Waals surface area contributed by atoms with E-state index in [0.717, 1.165) is 25.9 Å². The van der Waals surface area contributed by atoms with Crippen molar-refractivity contribution in [3.8, 4) is 0 Å². The first-order valence-electron chi connectivity index (χ1n) is 7.03. The second-order valence-electron chi connectivity index (χ2n) is 5.86. The van der Waals surface area contributed by atoms with Crippen molar-refractivity contribution in [2.45, 2.75) is 52.1 Å². The highest BCUT2D eigenvalue weighted by molar-refractivity contribution is 5.81. The summed E-state index contributed by atoms with van der Waals surface area (Å²) in [5, 5.41) is 3.47. The topological polar surface area (TPSA) is 41.6 Å². The Morgan fingerprint density at radius 2 is 2.22 bits per heavy atom. The van der Waals surface area contributed by atoms with E-state index in [4.69, 9.17) is 4.74 Å². The first-order chi connectivity index (χ1) is 8.41. The van der Waals surface area contributed by atoms with Crippen molar-refractivity contribution in [3.05, 3.63) is 0 Å². The molecule has 4 nitrogen and oxygen atoms in total. The summed E-state index contributed by atoms with van der Waals surface area (Å²) in [5.41, 5.74) is -0.480. The second kappa shape index (κ2) is 6.53. The molecule has 106 valence electrons. The van der Waals surface area contributed by atoms with Crippen molar-refractivity contribution < 1.29 is 9.53 Å². The molecule has 1 heterocycles. The minimum Gasteiger partial charge on any atom is -0.465 e. The van der Waals surface area contributed by atoms with Crippen LogP contribution in [0.3, 0.4) is 0 Å². The SMILES string of the molecule is CCOC(=O)C1(NCC(C)C)CCN(C)C(C)C1. The first-order valence-corrected chi connectivity index (χ1v) is 7.03. The van der Waals surface area contributed by atoms with Gasteiger partial charge >= 0.3 is 5.97 Å². The normalized spacial score (nSPS) is 29.6. The van der Waals surface area contributed by atoms with Crippen LogP contribution in [0, 0.1) is 5.92 Å². The standard InChI is InChI=1S/C14H28N2O2/c1-6-18-13(17)14(15-10-11(2)3)7-8-16(5)12(4)9-14/h11-12,15H,6-10H2,1-5H3. The fraction of sp³-hybridized carbons (Fsp3) is 0.929. The number of nitrogens with one attached hydrogen (secondary N) is 1. The van der Waals surface area contributed by atoms with Gasteiger partial charge < -0.3 is 15.0 Å². The van der Waals surface area contributed by atoms with Crippen molar-refractivity contribution in [1.82, 2.24) is 10.2 Å². The maximum Gasteiger partial charge on any atom is 0.326 e. The van der Waals surface area contributed by atoms with E-state index in [1.165, 1.54) is 0 Å². The van der Waals surface area contributed by atoms with E-state index < -0.39 is 5.54 Å². The van der Waals surface area contributed by atoms with Crippen LogP contribution in [0.1, 0.15) is 40.5 Å². The van der Waals surface area contributed by atoms with Gasteiger partial charge in [0.15, 0.2) is 0 Å².